The minimum absolute atomic E-state index is 0.687. The Balaban J connectivity index is 1.62. The molecule has 0 bridgehead atoms. The first kappa shape index (κ1) is 8.81. The lowest BCUT2D eigenvalue weighted by atomic mass is 10.1. The summed E-state index contributed by atoms with van der Waals surface area (Å²) in [7, 11) is 0. The molecular formula is C8H16N2OS. The fourth-order valence-corrected chi connectivity index (χ4v) is 2.44. The van der Waals surface area contributed by atoms with Crippen molar-refractivity contribution in [3.63, 3.8) is 0 Å². The minimum Gasteiger partial charge on any atom is -0.381 e. The molecule has 2 N–H and O–H groups in total. The number of rotatable bonds is 3. The molecule has 12 heavy (non-hydrogen) atoms. The summed E-state index contributed by atoms with van der Waals surface area (Å²) < 4.78 is 5.32. The fourth-order valence-electron chi connectivity index (χ4n) is 1.85. The van der Waals surface area contributed by atoms with Gasteiger partial charge in [-0.3, -0.25) is 5.14 Å². The summed E-state index contributed by atoms with van der Waals surface area (Å²) in [5, 5.41) is 6.16. The lowest BCUT2D eigenvalue weighted by Crippen LogP contribution is -2.51. The Bertz CT molecular complexity index is 144. The molecule has 0 aromatic rings. The highest BCUT2D eigenvalue weighted by Gasteiger charge is 2.29. The summed E-state index contributed by atoms with van der Waals surface area (Å²) in [5.74, 6) is 0.786. The van der Waals surface area contributed by atoms with Crippen molar-refractivity contribution in [3.8, 4) is 0 Å². The van der Waals surface area contributed by atoms with Gasteiger partial charge in [-0.15, -0.1) is 0 Å². The Hall–Kier alpha value is 0.230. The fraction of sp³-hybridized carbons (Fsp3) is 1.00. The van der Waals surface area contributed by atoms with Gasteiger partial charge >= 0.3 is 0 Å². The van der Waals surface area contributed by atoms with Gasteiger partial charge < -0.3 is 9.64 Å². The number of ether oxygens (including phenoxy) is 1. The largest absolute Gasteiger partial charge is 0.381 e. The molecule has 0 aromatic carbocycles. The van der Waals surface area contributed by atoms with Crippen LogP contribution in [0.2, 0.25) is 0 Å². The zero-order valence-corrected chi connectivity index (χ0v) is 8.05. The smallest absolute Gasteiger partial charge is 0.0507 e. The molecule has 2 saturated heterocycles. The third-order valence-corrected chi connectivity index (χ3v) is 3.34. The molecule has 70 valence electrons. The first-order valence-corrected chi connectivity index (χ1v) is 5.48. The van der Waals surface area contributed by atoms with Gasteiger partial charge in [0.2, 0.25) is 0 Å². The van der Waals surface area contributed by atoms with Gasteiger partial charge in [0.05, 0.1) is 6.61 Å². The highest BCUT2D eigenvalue weighted by molar-refractivity contribution is 7.97. The molecule has 1 atom stereocenters. The number of nitrogens with zero attached hydrogens (tertiary/aromatic N) is 1. The van der Waals surface area contributed by atoms with Crippen molar-refractivity contribution in [2.24, 2.45) is 11.1 Å². The topological polar surface area (TPSA) is 38.5 Å². The predicted octanol–water partition coefficient (Wildman–Crippen LogP) is 0.314. The average Bonchev–Trinajstić information content (AvgIpc) is 2.47. The van der Waals surface area contributed by atoms with Gasteiger partial charge in [0.25, 0.3) is 0 Å². The van der Waals surface area contributed by atoms with Crippen LogP contribution in [0.4, 0.5) is 0 Å². The van der Waals surface area contributed by atoms with Gasteiger partial charge in [-0.2, -0.15) is 0 Å². The van der Waals surface area contributed by atoms with Crippen LogP contribution in [0.15, 0.2) is 0 Å². The molecule has 2 rings (SSSR count). The third kappa shape index (κ3) is 1.93. The van der Waals surface area contributed by atoms with Gasteiger partial charge in [-0.25, -0.2) is 0 Å². The summed E-state index contributed by atoms with van der Waals surface area (Å²) in [6, 6.07) is 0. The van der Waals surface area contributed by atoms with Crippen LogP contribution in [-0.4, -0.2) is 43.0 Å². The van der Waals surface area contributed by atoms with Crippen LogP contribution in [0.25, 0.3) is 0 Å². The highest BCUT2D eigenvalue weighted by atomic mass is 32.2. The molecule has 0 saturated carbocycles. The molecule has 0 amide bonds. The van der Waals surface area contributed by atoms with E-state index < -0.39 is 0 Å². The lowest BCUT2D eigenvalue weighted by Gasteiger charge is -2.39. The summed E-state index contributed by atoms with van der Waals surface area (Å²) in [5.41, 5.74) is 0. The van der Waals surface area contributed by atoms with E-state index in [0.717, 1.165) is 19.1 Å². The second kappa shape index (κ2) is 3.96. The zero-order chi connectivity index (χ0) is 8.39. The molecule has 0 radical (unpaired) electrons. The van der Waals surface area contributed by atoms with Gasteiger partial charge in [0.1, 0.15) is 0 Å². The second-order valence-corrected chi connectivity index (χ2v) is 4.65. The minimum atomic E-state index is 0.687. The van der Waals surface area contributed by atoms with Crippen molar-refractivity contribution in [2.75, 3.05) is 32.8 Å². The van der Waals surface area contributed by atoms with Crippen molar-refractivity contribution >= 4 is 11.9 Å². The molecular weight excluding hydrogens is 172 g/mol. The van der Waals surface area contributed by atoms with Gasteiger partial charge in [-0.1, -0.05) is 11.9 Å². The monoisotopic (exact) mass is 188 g/mol. The Morgan fingerprint density at radius 1 is 1.50 bits per heavy atom. The van der Waals surface area contributed by atoms with Crippen LogP contribution in [0.3, 0.4) is 0 Å². The summed E-state index contributed by atoms with van der Waals surface area (Å²) >= 11 is 1.50. The first-order chi connectivity index (χ1) is 5.88. The Labute approximate surface area is 77.8 Å². The van der Waals surface area contributed by atoms with E-state index in [9.17, 15) is 0 Å². The molecule has 2 aliphatic heterocycles. The normalized spacial score (nSPS) is 32.2. The maximum Gasteiger partial charge on any atom is 0.0507 e. The van der Waals surface area contributed by atoms with Crippen LogP contribution in [0.5, 0.6) is 0 Å². The zero-order valence-electron chi connectivity index (χ0n) is 7.24. The van der Waals surface area contributed by atoms with E-state index in [-0.39, 0.29) is 0 Å². The van der Waals surface area contributed by atoms with Crippen LogP contribution < -0.4 is 5.14 Å². The standard InChI is InChI=1S/C8H16N2OS/c9-12-8-4-10(5-8)3-7-1-2-11-6-7/h7-8H,1-6,9H2. The van der Waals surface area contributed by atoms with Crippen molar-refractivity contribution < 1.29 is 4.74 Å². The summed E-state index contributed by atoms with van der Waals surface area (Å²) in [6.07, 6.45) is 1.25. The van der Waals surface area contributed by atoms with Crippen LogP contribution in [0, 0.1) is 5.92 Å². The van der Waals surface area contributed by atoms with E-state index in [1.54, 1.807) is 0 Å². The second-order valence-electron chi connectivity index (χ2n) is 3.71. The molecule has 0 aromatic heterocycles. The van der Waals surface area contributed by atoms with Crippen molar-refractivity contribution in [3.05, 3.63) is 0 Å². The van der Waals surface area contributed by atoms with E-state index in [1.807, 2.05) is 0 Å². The van der Waals surface area contributed by atoms with Crippen LogP contribution in [0.1, 0.15) is 6.42 Å². The summed E-state index contributed by atoms with van der Waals surface area (Å²) in [6.45, 7) is 5.51. The van der Waals surface area contributed by atoms with E-state index in [1.165, 1.54) is 38.0 Å². The molecule has 0 aliphatic carbocycles. The SMILES string of the molecule is NSC1CN(CC2CCOC2)C1. The molecule has 0 spiro atoms. The average molecular weight is 188 g/mol. The van der Waals surface area contributed by atoms with E-state index in [4.69, 9.17) is 9.88 Å². The van der Waals surface area contributed by atoms with Crippen LogP contribution in [-0.2, 0) is 4.74 Å². The molecule has 2 heterocycles. The third-order valence-electron chi connectivity index (χ3n) is 2.66. The van der Waals surface area contributed by atoms with Gasteiger partial charge in [0, 0.05) is 31.5 Å². The van der Waals surface area contributed by atoms with Crippen molar-refractivity contribution in [2.45, 2.75) is 11.7 Å². The Kier molecular flexibility index (Phi) is 2.91. The van der Waals surface area contributed by atoms with Gasteiger partial charge in [-0.05, 0) is 12.3 Å². The van der Waals surface area contributed by atoms with E-state index >= 15 is 0 Å². The summed E-state index contributed by atoms with van der Waals surface area (Å²) in [4.78, 5) is 2.48. The molecule has 1 unspecified atom stereocenters. The maximum absolute atomic E-state index is 5.47. The number of hydrogen-bond acceptors (Lipinski definition) is 4. The highest BCUT2D eigenvalue weighted by Crippen LogP contribution is 2.21. The van der Waals surface area contributed by atoms with Crippen molar-refractivity contribution in [1.29, 1.82) is 0 Å². The number of hydrogen-bond donors (Lipinski definition) is 1. The Morgan fingerprint density at radius 2 is 2.33 bits per heavy atom. The lowest BCUT2D eigenvalue weighted by molar-refractivity contribution is 0.138. The van der Waals surface area contributed by atoms with Crippen LogP contribution >= 0.6 is 11.9 Å². The number of likely N-dealkylation sites (tertiary alicyclic amines) is 1. The molecule has 2 fully saturated rings. The number of nitrogens with two attached hydrogens (primary N) is 1. The molecule has 2 aliphatic rings. The molecule has 4 heteroatoms. The van der Waals surface area contributed by atoms with Gasteiger partial charge in [0.15, 0.2) is 0 Å². The van der Waals surface area contributed by atoms with E-state index in [0.29, 0.717) is 5.25 Å². The first-order valence-electron chi connectivity index (χ1n) is 4.54. The predicted molar refractivity (Wildman–Crippen MR) is 50.9 cm³/mol. The quantitative estimate of drug-likeness (QED) is 0.647. The van der Waals surface area contributed by atoms with E-state index in [2.05, 4.69) is 4.90 Å². The molecule has 3 nitrogen and oxygen atoms in total. The maximum atomic E-state index is 5.47. The van der Waals surface area contributed by atoms with Crippen molar-refractivity contribution in [1.82, 2.24) is 4.90 Å². The Morgan fingerprint density at radius 3 is 2.92 bits per heavy atom.